The highest BCUT2D eigenvalue weighted by molar-refractivity contribution is 6.16. The number of fused-ring (bicyclic) bond motifs is 1. The minimum absolute atomic E-state index is 0.115. The van der Waals surface area contributed by atoms with Crippen molar-refractivity contribution in [3.05, 3.63) is 82.9 Å². The molecule has 1 aliphatic carbocycles. The Morgan fingerprint density at radius 1 is 0.880 bits per heavy atom. The number of hydrogen-bond acceptors (Lipinski definition) is 1. The summed E-state index contributed by atoms with van der Waals surface area (Å²) in [5.74, 6) is 0.795. The number of hydrogen-bond donors (Lipinski definition) is 0. The summed E-state index contributed by atoms with van der Waals surface area (Å²) in [5, 5.41) is 2.17. The molecular weight excluding hydrogens is 304 g/mol. The Morgan fingerprint density at radius 3 is 2.40 bits per heavy atom. The summed E-state index contributed by atoms with van der Waals surface area (Å²) < 4.78 is 0. The highest BCUT2D eigenvalue weighted by Gasteiger charge is 2.17. The second-order valence-electron chi connectivity index (χ2n) is 7.32. The molecule has 0 aromatic heterocycles. The van der Waals surface area contributed by atoms with Crippen LogP contribution in [0.1, 0.15) is 65.1 Å². The molecule has 1 fully saturated rings. The van der Waals surface area contributed by atoms with E-state index in [9.17, 15) is 4.79 Å². The standard InChI is InChI=1S/C24H24O/c1-17-10-15-22-21(16-17)8-5-9-23(22)24(25)20-13-11-19(12-14-20)18-6-3-2-4-7-18/h5,8-16,18H,2-4,6-7H2,1H3. The molecule has 0 heterocycles. The lowest BCUT2D eigenvalue weighted by molar-refractivity contribution is 0.104. The number of ketones is 1. The molecule has 0 atom stereocenters. The fraction of sp³-hybridized carbons (Fsp3) is 0.292. The Bertz CT molecular complexity index is 899. The van der Waals surface area contributed by atoms with Crippen molar-refractivity contribution in [3.8, 4) is 0 Å². The molecule has 3 aromatic rings. The minimum Gasteiger partial charge on any atom is -0.289 e. The van der Waals surface area contributed by atoms with E-state index in [1.54, 1.807) is 0 Å². The van der Waals surface area contributed by atoms with Crippen molar-refractivity contribution in [3.63, 3.8) is 0 Å². The lowest BCUT2D eigenvalue weighted by Gasteiger charge is -2.22. The van der Waals surface area contributed by atoms with Crippen molar-refractivity contribution in [1.82, 2.24) is 0 Å². The van der Waals surface area contributed by atoms with Crippen molar-refractivity contribution in [1.29, 1.82) is 0 Å². The summed E-state index contributed by atoms with van der Waals surface area (Å²) in [6.45, 7) is 2.08. The average Bonchev–Trinajstić information content (AvgIpc) is 2.67. The Hall–Kier alpha value is -2.41. The maximum absolute atomic E-state index is 13.0. The number of rotatable bonds is 3. The van der Waals surface area contributed by atoms with E-state index >= 15 is 0 Å². The van der Waals surface area contributed by atoms with Crippen LogP contribution in [0.2, 0.25) is 0 Å². The van der Waals surface area contributed by atoms with Gasteiger partial charge in [0.25, 0.3) is 0 Å². The lowest BCUT2D eigenvalue weighted by Crippen LogP contribution is -2.06. The summed E-state index contributed by atoms with van der Waals surface area (Å²) in [4.78, 5) is 13.0. The zero-order valence-corrected chi connectivity index (χ0v) is 14.8. The molecule has 126 valence electrons. The smallest absolute Gasteiger partial charge is 0.193 e. The maximum atomic E-state index is 13.0. The molecule has 1 saturated carbocycles. The van der Waals surface area contributed by atoms with E-state index in [-0.39, 0.29) is 5.78 Å². The Labute approximate surface area is 149 Å². The summed E-state index contributed by atoms with van der Waals surface area (Å²) in [7, 11) is 0. The number of carbonyl (C=O) groups excluding carboxylic acids is 1. The largest absolute Gasteiger partial charge is 0.289 e. The van der Waals surface area contributed by atoms with Gasteiger partial charge in [-0.15, -0.1) is 0 Å². The van der Waals surface area contributed by atoms with Crippen LogP contribution in [0.4, 0.5) is 0 Å². The highest BCUT2D eigenvalue weighted by Crippen LogP contribution is 2.33. The third kappa shape index (κ3) is 3.24. The molecule has 25 heavy (non-hydrogen) atoms. The van der Waals surface area contributed by atoms with Crippen LogP contribution >= 0.6 is 0 Å². The highest BCUT2D eigenvalue weighted by atomic mass is 16.1. The molecular formula is C24H24O. The van der Waals surface area contributed by atoms with Gasteiger partial charge in [0.05, 0.1) is 0 Å². The van der Waals surface area contributed by atoms with E-state index in [1.807, 2.05) is 24.3 Å². The SMILES string of the molecule is Cc1ccc2c(C(=O)c3ccc(C4CCCCC4)cc3)cccc2c1. The second kappa shape index (κ2) is 6.84. The first-order valence-corrected chi connectivity index (χ1v) is 9.36. The van der Waals surface area contributed by atoms with E-state index in [1.165, 1.54) is 43.2 Å². The molecule has 0 bridgehead atoms. The van der Waals surface area contributed by atoms with E-state index in [2.05, 4.69) is 43.3 Å². The fourth-order valence-electron chi connectivity index (χ4n) is 4.10. The Kier molecular flexibility index (Phi) is 4.40. The monoisotopic (exact) mass is 328 g/mol. The van der Waals surface area contributed by atoms with Crippen molar-refractivity contribution in [2.24, 2.45) is 0 Å². The van der Waals surface area contributed by atoms with Crippen LogP contribution in [0.25, 0.3) is 10.8 Å². The van der Waals surface area contributed by atoms with Gasteiger partial charge in [-0.2, -0.15) is 0 Å². The molecule has 0 amide bonds. The molecule has 0 aliphatic heterocycles. The molecule has 1 aliphatic rings. The van der Waals surface area contributed by atoms with Crippen LogP contribution in [0.3, 0.4) is 0 Å². The summed E-state index contributed by atoms with van der Waals surface area (Å²) in [5.41, 5.74) is 4.19. The molecule has 1 nitrogen and oxygen atoms in total. The van der Waals surface area contributed by atoms with Gasteiger partial charge in [0.15, 0.2) is 5.78 Å². The van der Waals surface area contributed by atoms with Crippen LogP contribution < -0.4 is 0 Å². The third-order valence-corrected chi connectivity index (χ3v) is 5.53. The van der Waals surface area contributed by atoms with Gasteiger partial charge in [0, 0.05) is 11.1 Å². The first kappa shape index (κ1) is 16.1. The summed E-state index contributed by atoms with van der Waals surface area (Å²) >= 11 is 0. The summed E-state index contributed by atoms with van der Waals surface area (Å²) in [6, 6.07) is 20.6. The van der Waals surface area contributed by atoms with Gasteiger partial charge in [-0.25, -0.2) is 0 Å². The molecule has 1 heteroatoms. The predicted molar refractivity (Wildman–Crippen MR) is 104 cm³/mol. The van der Waals surface area contributed by atoms with Crippen molar-refractivity contribution in [2.45, 2.75) is 44.9 Å². The van der Waals surface area contributed by atoms with Crippen molar-refractivity contribution < 1.29 is 4.79 Å². The number of benzene rings is 3. The molecule has 0 unspecified atom stereocenters. The molecule has 0 N–H and O–H groups in total. The van der Waals surface area contributed by atoms with Crippen molar-refractivity contribution >= 4 is 16.6 Å². The average molecular weight is 328 g/mol. The molecule has 0 saturated heterocycles. The molecule has 4 rings (SSSR count). The van der Waals surface area contributed by atoms with E-state index in [0.717, 1.165) is 21.9 Å². The van der Waals surface area contributed by atoms with Crippen LogP contribution in [-0.4, -0.2) is 5.78 Å². The van der Waals surface area contributed by atoms with Crippen LogP contribution in [-0.2, 0) is 0 Å². The van der Waals surface area contributed by atoms with Crippen LogP contribution in [0, 0.1) is 6.92 Å². The Morgan fingerprint density at radius 2 is 1.64 bits per heavy atom. The zero-order chi connectivity index (χ0) is 17.2. The molecule has 3 aromatic carbocycles. The Balaban J connectivity index is 1.65. The lowest BCUT2D eigenvalue weighted by atomic mass is 9.83. The number of aryl methyl sites for hydroxylation is 1. The predicted octanol–water partition coefficient (Wildman–Crippen LogP) is 6.43. The molecule has 0 radical (unpaired) electrons. The van der Waals surface area contributed by atoms with Gasteiger partial charge in [-0.1, -0.05) is 85.5 Å². The van der Waals surface area contributed by atoms with Crippen molar-refractivity contribution in [2.75, 3.05) is 0 Å². The first-order chi connectivity index (χ1) is 12.2. The van der Waals surface area contributed by atoms with Gasteiger partial charge in [-0.3, -0.25) is 4.79 Å². The third-order valence-electron chi connectivity index (χ3n) is 5.53. The minimum atomic E-state index is 0.115. The van der Waals surface area contributed by atoms with Gasteiger partial charge < -0.3 is 0 Å². The summed E-state index contributed by atoms with van der Waals surface area (Å²) in [6.07, 6.45) is 6.61. The van der Waals surface area contributed by atoms with Crippen LogP contribution in [0.15, 0.2) is 60.7 Å². The topological polar surface area (TPSA) is 17.1 Å². The van der Waals surface area contributed by atoms with E-state index in [4.69, 9.17) is 0 Å². The first-order valence-electron chi connectivity index (χ1n) is 9.36. The maximum Gasteiger partial charge on any atom is 0.193 e. The van der Waals surface area contributed by atoms with Gasteiger partial charge in [0.2, 0.25) is 0 Å². The van der Waals surface area contributed by atoms with Gasteiger partial charge >= 0.3 is 0 Å². The van der Waals surface area contributed by atoms with Gasteiger partial charge in [0.1, 0.15) is 0 Å². The quantitative estimate of drug-likeness (QED) is 0.506. The number of carbonyl (C=O) groups is 1. The fourth-order valence-corrected chi connectivity index (χ4v) is 4.10. The second-order valence-corrected chi connectivity index (χ2v) is 7.32. The van der Waals surface area contributed by atoms with Crippen LogP contribution in [0.5, 0.6) is 0 Å². The normalized spacial score (nSPS) is 15.4. The zero-order valence-electron chi connectivity index (χ0n) is 14.8. The van der Waals surface area contributed by atoms with Gasteiger partial charge in [-0.05, 0) is 42.0 Å². The molecule has 0 spiro atoms. The van der Waals surface area contributed by atoms with E-state index in [0.29, 0.717) is 5.92 Å². The van der Waals surface area contributed by atoms with E-state index < -0.39 is 0 Å².